The highest BCUT2D eigenvalue weighted by molar-refractivity contribution is 9.10. The number of thiocarbonyl (C=S) groups is 1. The van der Waals surface area contributed by atoms with Crippen LogP contribution in [0.4, 0.5) is 15.8 Å². The molecule has 0 aromatic heterocycles. The van der Waals surface area contributed by atoms with Gasteiger partial charge < -0.3 is 11.1 Å². The zero-order valence-corrected chi connectivity index (χ0v) is 13.6. The molecule has 0 saturated carbocycles. The quantitative estimate of drug-likeness (QED) is 0.727. The van der Waals surface area contributed by atoms with Crippen LogP contribution in [-0.4, -0.2) is 4.99 Å². The van der Waals surface area contributed by atoms with E-state index in [0.717, 1.165) is 10.2 Å². The molecule has 0 unspecified atom stereocenters. The molecule has 0 saturated heterocycles. The minimum Gasteiger partial charge on any atom is -0.389 e. The van der Waals surface area contributed by atoms with Gasteiger partial charge in [-0.05, 0) is 52.3 Å². The smallest absolute Gasteiger partial charge is 0.139 e. The van der Waals surface area contributed by atoms with Crippen LogP contribution in [0.1, 0.15) is 5.56 Å². The zero-order chi connectivity index (χ0) is 14.0. The van der Waals surface area contributed by atoms with Crippen molar-refractivity contribution in [3.8, 4) is 0 Å². The van der Waals surface area contributed by atoms with E-state index < -0.39 is 0 Å². The van der Waals surface area contributed by atoms with Crippen molar-refractivity contribution in [1.82, 2.24) is 0 Å². The van der Waals surface area contributed by atoms with Crippen molar-refractivity contribution in [2.75, 3.05) is 5.32 Å². The van der Waals surface area contributed by atoms with Crippen LogP contribution in [0, 0.1) is 5.82 Å². The van der Waals surface area contributed by atoms with E-state index in [9.17, 15) is 4.39 Å². The molecule has 0 atom stereocenters. The summed E-state index contributed by atoms with van der Waals surface area (Å²) in [5, 5.41) is 3.10. The standard InChI is InChI=1S/C13H9Br2FN2S/c14-7-1-3-9(13(17)19)12(5-7)18-8-2-4-10(15)11(16)6-8/h1-6,18H,(H2,17,19). The molecule has 0 aliphatic carbocycles. The normalized spacial score (nSPS) is 10.3. The van der Waals surface area contributed by atoms with E-state index in [-0.39, 0.29) is 10.8 Å². The second-order valence-electron chi connectivity index (χ2n) is 3.81. The number of anilines is 2. The summed E-state index contributed by atoms with van der Waals surface area (Å²) in [4.78, 5) is 0.285. The molecular formula is C13H9Br2FN2S. The Morgan fingerprint density at radius 2 is 1.89 bits per heavy atom. The minimum atomic E-state index is -0.336. The molecule has 2 nitrogen and oxygen atoms in total. The molecule has 19 heavy (non-hydrogen) atoms. The maximum atomic E-state index is 13.5. The molecule has 2 aromatic carbocycles. The van der Waals surface area contributed by atoms with Gasteiger partial charge in [-0.25, -0.2) is 4.39 Å². The molecule has 0 amide bonds. The summed E-state index contributed by atoms with van der Waals surface area (Å²) in [5.41, 5.74) is 7.72. The minimum absolute atomic E-state index is 0.285. The van der Waals surface area contributed by atoms with Crippen LogP contribution in [0.3, 0.4) is 0 Å². The van der Waals surface area contributed by atoms with Gasteiger partial charge in [-0.3, -0.25) is 0 Å². The van der Waals surface area contributed by atoms with Crippen LogP contribution in [0.25, 0.3) is 0 Å². The summed E-state index contributed by atoms with van der Waals surface area (Å²) in [7, 11) is 0. The van der Waals surface area contributed by atoms with Crippen molar-refractivity contribution in [1.29, 1.82) is 0 Å². The fourth-order valence-corrected chi connectivity index (χ4v) is 2.35. The Morgan fingerprint density at radius 3 is 2.53 bits per heavy atom. The second kappa shape index (κ2) is 5.98. The van der Waals surface area contributed by atoms with Crippen molar-refractivity contribution >= 4 is 60.4 Å². The molecule has 0 aliphatic rings. The fraction of sp³-hybridized carbons (Fsp3) is 0. The molecule has 6 heteroatoms. The fourth-order valence-electron chi connectivity index (χ4n) is 1.56. The SMILES string of the molecule is NC(=S)c1ccc(Br)cc1Nc1ccc(Br)c(F)c1. The summed E-state index contributed by atoms with van der Waals surface area (Å²) in [6, 6.07) is 10.3. The Kier molecular flexibility index (Phi) is 4.54. The van der Waals surface area contributed by atoms with Crippen LogP contribution >= 0.6 is 44.1 Å². The summed E-state index contributed by atoms with van der Waals surface area (Å²) in [6.45, 7) is 0. The van der Waals surface area contributed by atoms with Gasteiger partial charge in [0.25, 0.3) is 0 Å². The lowest BCUT2D eigenvalue weighted by molar-refractivity contribution is 0.622. The predicted molar refractivity (Wildman–Crippen MR) is 87.4 cm³/mol. The molecule has 2 aromatic rings. The van der Waals surface area contributed by atoms with Crippen molar-refractivity contribution in [3.05, 3.63) is 56.7 Å². The third-order valence-corrected chi connectivity index (χ3v) is 3.80. The Hall–Kier alpha value is -0.980. The van der Waals surface area contributed by atoms with Gasteiger partial charge in [-0.15, -0.1) is 0 Å². The third kappa shape index (κ3) is 3.52. The summed E-state index contributed by atoms with van der Waals surface area (Å²) in [6.07, 6.45) is 0. The number of rotatable bonds is 3. The van der Waals surface area contributed by atoms with Gasteiger partial charge in [0.15, 0.2) is 0 Å². The van der Waals surface area contributed by atoms with E-state index in [1.54, 1.807) is 12.1 Å². The largest absolute Gasteiger partial charge is 0.389 e. The van der Waals surface area contributed by atoms with Crippen LogP contribution < -0.4 is 11.1 Å². The predicted octanol–water partition coefficient (Wildman–Crippen LogP) is 4.73. The number of hydrogen-bond acceptors (Lipinski definition) is 2. The first-order valence-electron chi connectivity index (χ1n) is 5.29. The third-order valence-electron chi connectivity index (χ3n) is 2.45. The number of nitrogens with two attached hydrogens (primary N) is 1. The summed E-state index contributed by atoms with van der Waals surface area (Å²) < 4.78 is 14.8. The van der Waals surface area contributed by atoms with Gasteiger partial charge in [0.1, 0.15) is 10.8 Å². The average Bonchev–Trinajstić information content (AvgIpc) is 2.33. The molecule has 3 N–H and O–H groups in total. The maximum Gasteiger partial charge on any atom is 0.139 e. The molecule has 2 rings (SSSR count). The Labute approximate surface area is 132 Å². The lowest BCUT2D eigenvalue weighted by Crippen LogP contribution is -2.11. The van der Waals surface area contributed by atoms with Crippen molar-refractivity contribution in [2.45, 2.75) is 0 Å². The zero-order valence-electron chi connectivity index (χ0n) is 9.58. The second-order valence-corrected chi connectivity index (χ2v) is 6.02. The Balaban J connectivity index is 2.39. The molecule has 0 spiro atoms. The highest BCUT2D eigenvalue weighted by Gasteiger charge is 2.07. The van der Waals surface area contributed by atoms with E-state index in [1.807, 2.05) is 18.2 Å². The van der Waals surface area contributed by atoms with E-state index in [0.29, 0.717) is 15.7 Å². The van der Waals surface area contributed by atoms with Crippen LogP contribution in [0.5, 0.6) is 0 Å². The number of hydrogen-bond donors (Lipinski definition) is 2. The average molecular weight is 404 g/mol. The molecular weight excluding hydrogens is 395 g/mol. The Bertz CT molecular complexity index is 647. The van der Waals surface area contributed by atoms with E-state index >= 15 is 0 Å². The summed E-state index contributed by atoms with van der Waals surface area (Å²) in [5.74, 6) is -0.336. The monoisotopic (exact) mass is 402 g/mol. The van der Waals surface area contributed by atoms with Crippen molar-refractivity contribution < 1.29 is 4.39 Å². The van der Waals surface area contributed by atoms with Gasteiger partial charge in [0.05, 0.1) is 4.47 Å². The van der Waals surface area contributed by atoms with E-state index in [4.69, 9.17) is 18.0 Å². The molecule has 0 bridgehead atoms. The van der Waals surface area contributed by atoms with E-state index in [2.05, 4.69) is 37.2 Å². The number of halogens is 3. The first-order chi connectivity index (χ1) is 8.97. The first-order valence-corrected chi connectivity index (χ1v) is 7.28. The molecule has 0 fully saturated rings. The first kappa shape index (κ1) is 14.4. The van der Waals surface area contributed by atoms with Gasteiger partial charge >= 0.3 is 0 Å². The van der Waals surface area contributed by atoms with E-state index in [1.165, 1.54) is 6.07 Å². The van der Waals surface area contributed by atoms with Gasteiger partial charge in [-0.1, -0.05) is 28.1 Å². The Morgan fingerprint density at radius 1 is 1.16 bits per heavy atom. The lowest BCUT2D eigenvalue weighted by Gasteiger charge is -2.12. The molecule has 0 aliphatic heterocycles. The maximum absolute atomic E-state index is 13.5. The van der Waals surface area contributed by atoms with Crippen molar-refractivity contribution in [3.63, 3.8) is 0 Å². The van der Waals surface area contributed by atoms with Crippen LogP contribution in [-0.2, 0) is 0 Å². The number of nitrogens with one attached hydrogen (secondary N) is 1. The topological polar surface area (TPSA) is 38.0 Å². The van der Waals surface area contributed by atoms with Crippen molar-refractivity contribution in [2.24, 2.45) is 5.73 Å². The van der Waals surface area contributed by atoms with Gasteiger partial charge in [-0.2, -0.15) is 0 Å². The van der Waals surface area contributed by atoms with Gasteiger partial charge in [0.2, 0.25) is 0 Å². The lowest BCUT2D eigenvalue weighted by atomic mass is 10.1. The number of benzene rings is 2. The molecule has 0 radical (unpaired) electrons. The molecule has 0 heterocycles. The highest BCUT2D eigenvalue weighted by Crippen LogP contribution is 2.27. The highest BCUT2D eigenvalue weighted by atomic mass is 79.9. The van der Waals surface area contributed by atoms with Crippen LogP contribution in [0.2, 0.25) is 0 Å². The molecule has 98 valence electrons. The van der Waals surface area contributed by atoms with Gasteiger partial charge in [0, 0.05) is 21.4 Å². The van der Waals surface area contributed by atoms with Crippen LogP contribution in [0.15, 0.2) is 45.3 Å². The summed E-state index contributed by atoms with van der Waals surface area (Å²) >= 11 is 11.5.